The highest BCUT2D eigenvalue weighted by atomic mass is 32.2. The van der Waals surface area contributed by atoms with Crippen LogP contribution in [0.15, 0.2) is 40.7 Å². The first-order chi connectivity index (χ1) is 11.9. The molecule has 0 saturated carbocycles. The number of likely N-dealkylation sites (tertiary alicyclic amines) is 1. The minimum absolute atomic E-state index is 0.00794. The minimum atomic E-state index is -3.67. The third-order valence-electron chi connectivity index (χ3n) is 4.05. The zero-order chi connectivity index (χ0) is 17.9. The van der Waals surface area contributed by atoms with Gasteiger partial charge in [-0.1, -0.05) is 30.3 Å². The van der Waals surface area contributed by atoms with Crippen molar-refractivity contribution in [1.29, 1.82) is 0 Å². The molecule has 7 nitrogen and oxygen atoms in total. The van der Waals surface area contributed by atoms with Gasteiger partial charge in [-0.25, -0.2) is 18.1 Å². The predicted molar refractivity (Wildman–Crippen MR) is 95.0 cm³/mol. The van der Waals surface area contributed by atoms with Gasteiger partial charge in [0.15, 0.2) is 5.03 Å². The molecule has 1 fully saturated rings. The molecule has 0 bridgehead atoms. The van der Waals surface area contributed by atoms with E-state index in [0.29, 0.717) is 30.9 Å². The van der Waals surface area contributed by atoms with Crippen molar-refractivity contribution in [3.8, 4) is 10.6 Å². The van der Waals surface area contributed by atoms with Crippen LogP contribution in [0, 0.1) is 0 Å². The predicted octanol–water partition coefficient (Wildman–Crippen LogP) is 1.64. The van der Waals surface area contributed by atoms with Crippen molar-refractivity contribution in [3.63, 3.8) is 0 Å². The van der Waals surface area contributed by atoms with Crippen LogP contribution in [-0.4, -0.2) is 55.1 Å². The van der Waals surface area contributed by atoms with Gasteiger partial charge in [-0.15, -0.1) is 11.3 Å². The van der Waals surface area contributed by atoms with Gasteiger partial charge in [0.1, 0.15) is 5.01 Å². The summed E-state index contributed by atoms with van der Waals surface area (Å²) < 4.78 is 27.8. The zero-order valence-electron chi connectivity index (χ0n) is 13.5. The summed E-state index contributed by atoms with van der Waals surface area (Å²) in [6.07, 6.45) is 1.17. The Bertz CT molecular complexity index is 828. The Morgan fingerprint density at radius 3 is 2.60 bits per heavy atom. The molecule has 134 valence electrons. The lowest BCUT2D eigenvalue weighted by atomic mass is 10.1. The number of nitrogens with one attached hydrogen (secondary N) is 1. The molecule has 2 aromatic rings. The molecule has 2 heterocycles. The van der Waals surface area contributed by atoms with Gasteiger partial charge in [0.25, 0.3) is 10.0 Å². The average Bonchev–Trinajstić information content (AvgIpc) is 3.08. The molecule has 1 aliphatic heterocycles. The van der Waals surface area contributed by atoms with E-state index in [2.05, 4.69) is 9.71 Å². The summed E-state index contributed by atoms with van der Waals surface area (Å²) in [6.45, 7) is 1.11. The summed E-state index contributed by atoms with van der Waals surface area (Å²) in [5.74, 6) is -0.866. The Balaban J connectivity index is 1.63. The van der Waals surface area contributed by atoms with E-state index < -0.39 is 16.0 Å². The van der Waals surface area contributed by atoms with E-state index in [4.69, 9.17) is 5.11 Å². The molecule has 2 N–H and O–H groups in total. The molecule has 0 aliphatic carbocycles. The molecule has 1 aromatic heterocycles. The van der Waals surface area contributed by atoms with Gasteiger partial charge >= 0.3 is 5.97 Å². The second kappa shape index (κ2) is 7.61. The second-order valence-corrected chi connectivity index (χ2v) is 8.44. The number of hydrogen-bond donors (Lipinski definition) is 2. The number of hydrogen-bond acceptors (Lipinski definition) is 6. The van der Waals surface area contributed by atoms with Gasteiger partial charge in [0.2, 0.25) is 0 Å². The van der Waals surface area contributed by atoms with Crippen LogP contribution in [0.25, 0.3) is 10.6 Å². The lowest BCUT2D eigenvalue weighted by molar-refractivity contribution is -0.138. The Morgan fingerprint density at radius 2 is 1.96 bits per heavy atom. The number of aromatic nitrogens is 1. The third kappa shape index (κ3) is 4.63. The van der Waals surface area contributed by atoms with Gasteiger partial charge in [-0.3, -0.25) is 9.69 Å². The Labute approximate surface area is 150 Å². The first-order valence-electron chi connectivity index (χ1n) is 7.91. The molecule has 0 unspecified atom stereocenters. The topological polar surface area (TPSA) is 99.6 Å². The van der Waals surface area contributed by atoms with Crippen LogP contribution < -0.4 is 4.72 Å². The number of piperidine rings is 1. The highest BCUT2D eigenvalue weighted by Gasteiger charge is 2.27. The van der Waals surface area contributed by atoms with Crippen molar-refractivity contribution >= 4 is 27.3 Å². The van der Waals surface area contributed by atoms with Crippen LogP contribution in [-0.2, 0) is 14.8 Å². The third-order valence-corrected chi connectivity index (χ3v) is 6.49. The van der Waals surface area contributed by atoms with E-state index in [9.17, 15) is 13.2 Å². The van der Waals surface area contributed by atoms with Crippen molar-refractivity contribution in [2.75, 3.05) is 19.6 Å². The monoisotopic (exact) mass is 381 g/mol. The Kier molecular flexibility index (Phi) is 5.48. The number of carboxylic acids is 1. The number of benzene rings is 1. The highest BCUT2D eigenvalue weighted by Crippen LogP contribution is 2.25. The largest absolute Gasteiger partial charge is 0.480 e. The molecular weight excluding hydrogens is 362 g/mol. The fourth-order valence-corrected chi connectivity index (χ4v) is 5.18. The van der Waals surface area contributed by atoms with Crippen LogP contribution in [0.2, 0.25) is 0 Å². The van der Waals surface area contributed by atoms with Crippen molar-refractivity contribution in [2.45, 2.75) is 23.9 Å². The molecule has 0 amide bonds. The van der Waals surface area contributed by atoms with Crippen LogP contribution >= 0.6 is 11.3 Å². The van der Waals surface area contributed by atoms with Gasteiger partial charge in [0, 0.05) is 30.1 Å². The molecule has 1 aliphatic rings. The lowest BCUT2D eigenvalue weighted by Gasteiger charge is -2.30. The first-order valence-corrected chi connectivity index (χ1v) is 10.3. The number of aliphatic carboxylic acids is 1. The number of thiazole rings is 1. The van der Waals surface area contributed by atoms with Gasteiger partial charge < -0.3 is 5.11 Å². The molecule has 9 heteroatoms. The number of nitrogens with zero attached hydrogens (tertiary/aromatic N) is 2. The average molecular weight is 381 g/mol. The fourth-order valence-electron chi connectivity index (χ4n) is 2.78. The first kappa shape index (κ1) is 18.0. The Hall–Kier alpha value is -1.81. The van der Waals surface area contributed by atoms with E-state index in [-0.39, 0.29) is 17.6 Å². The van der Waals surface area contributed by atoms with Crippen molar-refractivity contribution in [3.05, 3.63) is 35.7 Å². The molecule has 1 aromatic carbocycles. The van der Waals surface area contributed by atoms with Gasteiger partial charge in [0.05, 0.1) is 6.54 Å². The van der Waals surface area contributed by atoms with Crippen molar-refractivity contribution in [2.24, 2.45) is 0 Å². The van der Waals surface area contributed by atoms with Crippen LogP contribution in [0.4, 0.5) is 0 Å². The van der Waals surface area contributed by atoms with Gasteiger partial charge in [-0.05, 0) is 12.8 Å². The van der Waals surface area contributed by atoms with Crippen LogP contribution in [0.5, 0.6) is 0 Å². The summed E-state index contributed by atoms with van der Waals surface area (Å²) >= 11 is 1.29. The fraction of sp³-hybridized carbons (Fsp3) is 0.375. The van der Waals surface area contributed by atoms with Crippen molar-refractivity contribution in [1.82, 2.24) is 14.6 Å². The van der Waals surface area contributed by atoms with Crippen molar-refractivity contribution < 1.29 is 18.3 Å². The normalized spacial score (nSPS) is 16.8. The quantitative estimate of drug-likeness (QED) is 0.789. The molecule has 25 heavy (non-hydrogen) atoms. The van der Waals surface area contributed by atoms with E-state index in [0.717, 1.165) is 5.56 Å². The summed E-state index contributed by atoms with van der Waals surface area (Å²) in [7, 11) is -3.67. The molecule has 1 saturated heterocycles. The maximum Gasteiger partial charge on any atom is 0.317 e. The summed E-state index contributed by atoms with van der Waals surface area (Å²) in [6, 6.07) is 9.24. The maximum absolute atomic E-state index is 12.5. The van der Waals surface area contributed by atoms with E-state index in [1.807, 2.05) is 35.2 Å². The number of carbonyl (C=O) groups is 1. The highest BCUT2D eigenvalue weighted by molar-refractivity contribution is 7.89. The van der Waals surface area contributed by atoms with E-state index in [1.54, 1.807) is 5.38 Å². The smallest absolute Gasteiger partial charge is 0.317 e. The molecule has 0 spiro atoms. The van der Waals surface area contributed by atoms with Gasteiger partial charge in [-0.2, -0.15) is 0 Å². The number of carboxylic acid groups (broad SMARTS) is 1. The standard InChI is InChI=1S/C16H19N3O4S2/c20-15(21)10-19-8-6-13(7-9-19)18-25(22,23)14-11-24-16(17-14)12-4-2-1-3-5-12/h1-5,11,13,18H,6-10H2,(H,20,21). The van der Waals surface area contributed by atoms with Crippen LogP contribution in [0.3, 0.4) is 0 Å². The molecule has 0 atom stereocenters. The summed E-state index contributed by atoms with van der Waals surface area (Å²) in [5, 5.41) is 11.0. The SMILES string of the molecule is O=C(O)CN1CCC(NS(=O)(=O)c2csc(-c3ccccc3)n2)CC1. The summed E-state index contributed by atoms with van der Waals surface area (Å²) in [5.41, 5.74) is 0.885. The molecular formula is C16H19N3O4S2. The second-order valence-electron chi connectivity index (χ2n) is 5.92. The number of rotatable bonds is 6. The Morgan fingerprint density at radius 1 is 1.28 bits per heavy atom. The minimum Gasteiger partial charge on any atom is -0.480 e. The molecule has 0 radical (unpaired) electrons. The summed E-state index contributed by atoms with van der Waals surface area (Å²) in [4.78, 5) is 16.8. The number of sulfonamides is 1. The zero-order valence-corrected chi connectivity index (χ0v) is 15.1. The van der Waals surface area contributed by atoms with Crippen LogP contribution in [0.1, 0.15) is 12.8 Å². The maximum atomic E-state index is 12.5. The molecule has 3 rings (SSSR count). The lowest BCUT2D eigenvalue weighted by Crippen LogP contribution is -2.45. The van der Waals surface area contributed by atoms with E-state index >= 15 is 0 Å². The van der Waals surface area contributed by atoms with E-state index in [1.165, 1.54) is 11.3 Å².